The van der Waals surface area contributed by atoms with E-state index in [4.69, 9.17) is 18.9 Å². The van der Waals surface area contributed by atoms with E-state index in [1.54, 1.807) is 24.8 Å². The van der Waals surface area contributed by atoms with E-state index >= 15 is 0 Å². The van der Waals surface area contributed by atoms with Crippen LogP contribution in [0.3, 0.4) is 0 Å². The van der Waals surface area contributed by atoms with E-state index in [1.807, 2.05) is 128 Å². The molecule has 3 unspecified atom stereocenters. The molecule has 0 bridgehead atoms. The van der Waals surface area contributed by atoms with Crippen LogP contribution in [-0.4, -0.2) is 190 Å². The molecular weight excluding hydrogens is 1370 g/mol. The van der Waals surface area contributed by atoms with Crippen molar-refractivity contribution in [2.45, 2.75) is 119 Å². The quantitative estimate of drug-likeness (QED) is 0.0351. The number of likely N-dealkylation sites (N-methyl/N-ethyl adjacent to an activating group) is 1. The second kappa shape index (κ2) is 41.4. The molecule has 4 aromatic carbocycles. The number of nitrogens with one attached hydrogen (secondary N) is 8. The lowest BCUT2D eigenvalue weighted by Gasteiger charge is -2.32. The molecule has 108 heavy (non-hydrogen) atoms. The van der Waals surface area contributed by atoms with E-state index in [9.17, 15) is 19.2 Å². The van der Waals surface area contributed by atoms with Crippen LogP contribution in [-0.2, 0) is 0 Å². The Morgan fingerprint density at radius 1 is 0.333 bits per heavy atom. The largest absolute Gasteiger partial charge is 0.491 e. The average molecular weight is 1480 g/mol. The van der Waals surface area contributed by atoms with Crippen molar-refractivity contribution in [1.29, 1.82) is 0 Å². The first-order valence-electron chi connectivity index (χ1n) is 37.2. The summed E-state index contributed by atoms with van der Waals surface area (Å²) in [6.45, 7) is 25.6. The molecule has 4 aromatic heterocycles. The lowest BCUT2D eigenvalue weighted by Crippen LogP contribution is -2.40. The number of amides is 8. The molecule has 8 aromatic rings. The minimum Gasteiger partial charge on any atom is -0.491 e. The number of benzene rings is 4. The third-order valence-electron chi connectivity index (χ3n) is 18.7. The van der Waals surface area contributed by atoms with Crippen molar-refractivity contribution in [2.75, 3.05) is 143 Å². The van der Waals surface area contributed by atoms with Gasteiger partial charge in [0.1, 0.15) is 29.6 Å². The second-order valence-corrected chi connectivity index (χ2v) is 28.6. The molecule has 8 amide bonds. The molecule has 4 aliphatic rings. The molecular formula is C80H108N20O8. The summed E-state index contributed by atoms with van der Waals surface area (Å²) in [5.74, 6) is 5.89. The molecule has 4 saturated heterocycles. The van der Waals surface area contributed by atoms with Crippen LogP contribution < -0.4 is 61.5 Å². The Hall–Kier alpha value is -10.7. The van der Waals surface area contributed by atoms with Gasteiger partial charge in [0.25, 0.3) is 0 Å². The van der Waals surface area contributed by atoms with Crippen LogP contribution in [0, 0.1) is 73.1 Å². The van der Waals surface area contributed by atoms with Crippen molar-refractivity contribution >= 4 is 70.1 Å². The molecule has 4 aliphatic heterocycles. The third-order valence-corrected chi connectivity index (χ3v) is 18.7. The highest BCUT2D eigenvalue weighted by atomic mass is 16.5. The molecule has 576 valence electrons. The summed E-state index contributed by atoms with van der Waals surface area (Å²) in [6.07, 6.45) is 23.2. The summed E-state index contributed by atoms with van der Waals surface area (Å²) in [5, 5.41) is 22.2. The molecule has 0 aliphatic carbocycles. The second-order valence-electron chi connectivity index (χ2n) is 28.6. The number of carbonyl (C=O) groups excluding carboxylic acids is 4. The number of piperidine rings is 4. The van der Waals surface area contributed by atoms with E-state index in [-0.39, 0.29) is 24.1 Å². The molecule has 3 atom stereocenters. The lowest BCUT2D eigenvalue weighted by atomic mass is 9.98. The minimum atomic E-state index is -0.376. The third kappa shape index (κ3) is 27.9. The number of carbonyl (C=O) groups is 4. The van der Waals surface area contributed by atoms with Crippen molar-refractivity contribution in [1.82, 2.24) is 59.5 Å². The van der Waals surface area contributed by atoms with Crippen LogP contribution >= 0.6 is 0 Å². The summed E-state index contributed by atoms with van der Waals surface area (Å²) >= 11 is 0. The fourth-order valence-corrected chi connectivity index (χ4v) is 12.6. The Morgan fingerprint density at radius 3 is 0.944 bits per heavy atom. The van der Waals surface area contributed by atoms with Crippen LogP contribution in [0.1, 0.15) is 103 Å². The topological polar surface area (TPSA) is 318 Å². The Balaban J connectivity index is 0.000000166. The Labute approximate surface area is 635 Å². The summed E-state index contributed by atoms with van der Waals surface area (Å²) in [4.78, 5) is 91.7. The zero-order valence-corrected chi connectivity index (χ0v) is 64.6. The number of nitrogens with zero attached hydrogens (tertiary/aromatic N) is 12. The SMILES string of the molecule is Cc1ccc(OCC2CCCCN2C)c(NC(=O)Nc2cnc(C)cn2)c1.Cc1ccc(OCC2CCCN(C)C2)c(NC(=O)Nc2cnc(C)cn2)c1.Cc1ccc(OCC2CCCN(C)C2)c(NC(=O)Nc2cnc(C)cn2)c1.Cc1ccc(OCC2CCN(C)CC2)c(NC(=O)Nc2cnc(C)cn2)c1. The highest BCUT2D eigenvalue weighted by molar-refractivity contribution is 6.02. The van der Waals surface area contributed by atoms with Gasteiger partial charge >= 0.3 is 24.1 Å². The molecule has 0 saturated carbocycles. The van der Waals surface area contributed by atoms with Gasteiger partial charge < -0.3 is 59.8 Å². The number of hydrogen-bond donors (Lipinski definition) is 8. The number of rotatable bonds is 20. The Morgan fingerprint density at radius 2 is 0.648 bits per heavy atom. The molecule has 28 nitrogen and oxygen atoms in total. The number of likely N-dealkylation sites (tertiary alicyclic amines) is 4. The predicted octanol–water partition coefficient (Wildman–Crippen LogP) is 14.0. The van der Waals surface area contributed by atoms with Gasteiger partial charge in [-0.15, -0.1) is 0 Å². The summed E-state index contributed by atoms with van der Waals surface area (Å²) in [5.41, 5.74) is 9.96. The number of aryl methyl sites for hydroxylation is 8. The number of ether oxygens (including phenoxy) is 4. The number of hydrogen-bond acceptors (Lipinski definition) is 20. The summed E-state index contributed by atoms with van der Waals surface area (Å²) < 4.78 is 24.2. The van der Waals surface area contributed by atoms with Gasteiger partial charge in [-0.05, 0) is 244 Å². The predicted molar refractivity (Wildman–Crippen MR) is 425 cm³/mol. The van der Waals surface area contributed by atoms with Gasteiger partial charge in [0.15, 0.2) is 23.3 Å². The summed E-state index contributed by atoms with van der Waals surface area (Å²) in [6, 6.07) is 22.1. The van der Waals surface area contributed by atoms with Crippen LogP contribution in [0.15, 0.2) is 122 Å². The van der Waals surface area contributed by atoms with Crippen LogP contribution in [0.5, 0.6) is 23.0 Å². The first-order chi connectivity index (χ1) is 52.0. The molecule has 4 fully saturated rings. The van der Waals surface area contributed by atoms with Crippen molar-refractivity contribution in [3.8, 4) is 23.0 Å². The molecule has 0 radical (unpaired) electrons. The zero-order chi connectivity index (χ0) is 76.9. The van der Waals surface area contributed by atoms with Gasteiger partial charge in [-0.1, -0.05) is 30.7 Å². The van der Waals surface area contributed by atoms with E-state index < -0.39 is 0 Å². The Bertz CT molecular complexity index is 4040. The van der Waals surface area contributed by atoms with Crippen LogP contribution in [0.2, 0.25) is 0 Å². The van der Waals surface area contributed by atoms with E-state index in [0.717, 1.165) is 110 Å². The van der Waals surface area contributed by atoms with Crippen LogP contribution in [0.25, 0.3) is 0 Å². The number of anilines is 8. The number of urea groups is 4. The fraction of sp³-hybridized carbons (Fsp3) is 0.450. The van der Waals surface area contributed by atoms with Gasteiger partial charge in [0, 0.05) is 31.0 Å². The Kier molecular flexibility index (Phi) is 31.2. The van der Waals surface area contributed by atoms with Crippen LogP contribution in [0.4, 0.5) is 65.2 Å². The highest BCUT2D eigenvalue weighted by Gasteiger charge is 2.24. The molecule has 12 rings (SSSR count). The zero-order valence-electron chi connectivity index (χ0n) is 64.6. The van der Waals surface area contributed by atoms with E-state index in [2.05, 4.69) is 130 Å². The molecule has 28 heteroatoms. The maximum atomic E-state index is 12.3. The maximum absolute atomic E-state index is 12.3. The number of aromatic nitrogens is 8. The lowest BCUT2D eigenvalue weighted by molar-refractivity contribution is 0.125. The van der Waals surface area contributed by atoms with Crippen molar-refractivity contribution in [3.05, 3.63) is 167 Å². The van der Waals surface area contributed by atoms with Crippen molar-refractivity contribution < 1.29 is 38.1 Å². The van der Waals surface area contributed by atoms with Gasteiger partial charge in [0.2, 0.25) is 0 Å². The minimum absolute atomic E-state index is 0.372. The maximum Gasteiger partial charge on any atom is 0.324 e. The van der Waals surface area contributed by atoms with Gasteiger partial charge in [-0.2, -0.15) is 0 Å². The average Bonchev–Trinajstić information content (AvgIpc) is 0.858. The molecule has 8 heterocycles. The molecule has 0 spiro atoms. The highest BCUT2D eigenvalue weighted by Crippen LogP contribution is 2.32. The van der Waals surface area contributed by atoms with Gasteiger partial charge in [-0.25, -0.2) is 39.1 Å². The smallest absolute Gasteiger partial charge is 0.324 e. The van der Waals surface area contributed by atoms with Crippen molar-refractivity contribution in [3.63, 3.8) is 0 Å². The normalized spacial score (nSPS) is 16.9. The van der Waals surface area contributed by atoms with Gasteiger partial charge in [-0.3, -0.25) is 41.2 Å². The van der Waals surface area contributed by atoms with Crippen molar-refractivity contribution in [2.24, 2.45) is 17.8 Å². The fourth-order valence-electron chi connectivity index (χ4n) is 12.6. The van der Waals surface area contributed by atoms with E-state index in [0.29, 0.717) is 119 Å². The summed E-state index contributed by atoms with van der Waals surface area (Å²) in [7, 11) is 8.57. The van der Waals surface area contributed by atoms with Gasteiger partial charge in [0.05, 0.1) is 115 Å². The standard InChI is InChI=1S/4C20H27N5O2/c1-14-4-5-18(27-13-16-6-8-25(3)9-7-16)17(10-14)23-20(26)24-19-12-21-15(2)11-22-19;2*1-14-6-7-18(27-13-16-5-4-8-25(3)12-16)17(9-14)23-20(26)24-19-11-21-15(2)10-22-19;1-14-7-8-18(27-13-16-6-4-5-9-25(16)3)17(10-14)23-20(26)24-19-12-21-15(2)11-22-19/h4-5,10-12,16H,6-9,13H2,1-3H3,(H2,22,23,24,26);2*6-7,9-11,16H,4-5,8,12-13H2,1-3H3,(H2,22,23,24,26);7-8,10-12,16H,4-6,9,13H2,1-3H3,(H2,22,23,24,26). The first-order valence-corrected chi connectivity index (χ1v) is 37.2. The van der Waals surface area contributed by atoms with E-state index in [1.165, 1.54) is 63.3 Å². The molecule has 8 N–H and O–H groups in total. The first kappa shape index (κ1) is 81.4. The monoisotopic (exact) mass is 1480 g/mol.